The molecule has 0 heterocycles. The topological polar surface area (TPSA) is 61.3 Å². The van der Waals surface area contributed by atoms with Crippen LogP contribution in [0.5, 0.6) is 5.75 Å². The average Bonchev–Trinajstić information content (AvgIpc) is 3.10. The third-order valence-electron chi connectivity index (χ3n) is 8.63. The lowest BCUT2D eigenvalue weighted by atomic mass is 9.93. The van der Waals surface area contributed by atoms with Crippen molar-refractivity contribution in [1.29, 1.82) is 0 Å². The molecule has 3 nitrogen and oxygen atoms in total. The van der Waals surface area contributed by atoms with Gasteiger partial charge < -0.3 is 16.2 Å². The standard InChI is InChI=1S/C43H42N2O/c1-46-43-37(21-19-34-11-3-9-32(29-34)13-7-27-45)24-25-40-39(16-5-17-41(40)43)38-23-22-36-15-4-14-35(42(36)30-38)20-18-33-10-2-8-31(28-33)12-6-26-44/h2-5,8-11,14-25,28-30H,6-7,12-13,26-27,44-45H2,1H3/b20-18-,21-19+. The fourth-order valence-corrected chi connectivity index (χ4v) is 6.26. The van der Waals surface area contributed by atoms with E-state index in [2.05, 4.69) is 140 Å². The van der Waals surface area contributed by atoms with Crippen LogP contribution in [0.25, 0.3) is 57.0 Å². The van der Waals surface area contributed by atoms with Gasteiger partial charge in [-0.3, -0.25) is 0 Å². The molecule has 0 aromatic heterocycles. The molecular weight excluding hydrogens is 560 g/mol. The van der Waals surface area contributed by atoms with Crippen molar-refractivity contribution in [3.63, 3.8) is 0 Å². The van der Waals surface area contributed by atoms with Crippen molar-refractivity contribution in [3.8, 4) is 16.9 Å². The first-order valence-electron chi connectivity index (χ1n) is 16.2. The molecular formula is C43H42N2O. The number of ether oxygens (including phenoxy) is 1. The van der Waals surface area contributed by atoms with Gasteiger partial charge in [-0.05, 0) is 99.9 Å². The van der Waals surface area contributed by atoms with E-state index in [9.17, 15) is 0 Å². The number of hydrogen-bond donors (Lipinski definition) is 2. The normalized spacial score (nSPS) is 11.7. The fraction of sp³-hybridized carbons (Fsp3) is 0.163. The molecule has 0 radical (unpaired) electrons. The highest BCUT2D eigenvalue weighted by atomic mass is 16.5. The van der Waals surface area contributed by atoms with Gasteiger partial charge in [-0.15, -0.1) is 0 Å². The molecule has 6 aromatic rings. The van der Waals surface area contributed by atoms with Crippen LogP contribution in [0.1, 0.15) is 46.2 Å². The molecule has 6 aromatic carbocycles. The van der Waals surface area contributed by atoms with Crippen LogP contribution in [0.3, 0.4) is 0 Å². The van der Waals surface area contributed by atoms with Crippen LogP contribution in [0, 0.1) is 0 Å². The van der Waals surface area contributed by atoms with Gasteiger partial charge in [-0.25, -0.2) is 0 Å². The third kappa shape index (κ3) is 7.13. The minimum Gasteiger partial charge on any atom is -0.495 e. The van der Waals surface area contributed by atoms with Gasteiger partial charge in [0.2, 0.25) is 0 Å². The Labute approximate surface area is 272 Å². The number of aryl methyl sites for hydroxylation is 2. The first-order chi connectivity index (χ1) is 22.7. The van der Waals surface area contributed by atoms with Crippen molar-refractivity contribution in [3.05, 3.63) is 149 Å². The molecule has 0 aliphatic heterocycles. The number of hydrogen-bond acceptors (Lipinski definition) is 3. The first kappa shape index (κ1) is 31.0. The van der Waals surface area contributed by atoms with Gasteiger partial charge in [0.15, 0.2) is 0 Å². The van der Waals surface area contributed by atoms with Crippen LogP contribution in [0.4, 0.5) is 0 Å². The van der Waals surface area contributed by atoms with Crippen LogP contribution < -0.4 is 16.2 Å². The van der Waals surface area contributed by atoms with Crippen molar-refractivity contribution in [1.82, 2.24) is 0 Å². The summed E-state index contributed by atoms with van der Waals surface area (Å²) in [7, 11) is 1.76. The van der Waals surface area contributed by atoms with Gasteiger partial charge in [0.1, 0.15) is 5.75 Å². The van der Waals surface area contributed by atoms with Gasteiger partial charge >= 0.3 is 0 Å². The molecule has 0 bridgehead atoms. The zero-order valence-corrected chi connectivity index (χ0v) is 26.6. The van der Waals surface area contributed by atoms with Crippen LogP contribution in [-0.4, -0.2) is 20.2 Å². The minimum absolute atomic E-state index is 0.707. The summed E-state index contributed by atoms with van der Waals surface area (Å²) in [5, 5.41) is 4.72. The molecule has 0 spiro atoms. The highest BCUT2D eigenvalue weighted by Crippen LogP contribution is 2.38. The van der Waals surface area contributed by atoms with Crippen LogP contribution >= 0.6 is 0 Å². The molecule has 0 saturated carbocycles. The molecule has 3 heteroatoms. The molecule has 0 saturated heterocycles. The van der Waals surface area contributed by atoms with Crippen LogP contribution in [0.15, 0.2) is 115 Å². The lowest BCUT2D eigenvalue weighted by Gasteiger charge is -2.14. The summed E-state index contributed by atoms with van der Waals surface area (Å²) < 4.78 is 6.03. The zero-order valence-electron chi connectivity index (χ0n) is 26.6. The van der Waals surface area contributed by atoms with E-state index in [1.165, 1.54) is 55.1 Å². The second-order valence-electron chi connectivity index (χ2n) is 11.8. The second kappa shape index (κ2) is 14.9. The molecule has 0 unspecified atom stereocenters. The summed E-state index contributed by atoms with van der Waals surface area (Å²) in [6.45, 7) is 1.42. The maximum Gasteiger partial charge on any atom is 0.133 e. The number of rotatable bonds is 12. The Morgan fingerprint density at radius 3 is 1.87 bits per heavy atom. The molecule has 0 fully saturated rings. The lowest BCUT2D eigenvalue weighted by molar-refractivity contribution is 0.419. The highest BCUT2D eigenvalue weighted by molar-refractivity contribution is 6.04. The first-order valence-corrected chi connectivity index (χ1v) is 16.2. The maximum atomic E-state index is 6.03. The predicted octanol–water partition coefficient (Wildman–Crippen LogP) is 9.79. The van der Waals surface area contributed by atoms with E-state index < -0.39 is 0 Å². The molecule has 0 aliphatic rings. The Balaban J connectivity index is 1.33. The van der Waals surface area contributed by atoms with E-state index in [-0.39, 0.29) is 0 Å². The number of benzene rings is 6. The van der Waals surface area contributed by atoms with E-state index in [0.29, 0.717) is 13.1 Å². The highest BCUT2D eigenvalue weighted by Gasteiger charge is 2.12. The quantitative estimate of drug-likeness (QED) is 0.137. The molecule has 46 heavy (non-hydrogen) atoms. The lowest BCUT2D eigenvalue weighted by Crippen LogP contribution is -2.00. The van der Waals surface area contributed by atoms with E-state index in [1.807, 2.05) is 0 Å². The van der Waals surface area contributed by atoms with Crippen molar-refractivity contribution in [2.24, 2.45) is 11.5 Å². The van der Waals surface area contributed by atoms with E-state index in [1.54, 1.807) is 7.11 Å². The van der Waals surface area contributed by atoms with Gasteiger partial charge in [0.05, 0.1) is 7.11 Å². The van der Waals surface area contributed by atoms with Crippen LogP contribution in [-0.2, 0) is 12.8 Å². The molecule has 0 amide bonds. The Morgan fingerprint density at radius 2 is 1.20 bits per heavy atom. The fourth-order valence-electron chi connectivity index (χ4n) is 6.26. The van der Waals surface area contributed by atoms with E-state index in [4.69, 9.17) is 16.2 Å². The monoisotopic (exact) mass is 602 g/mol. The molecule has 6 rings (SSSR count). The Hall–Kier alpha value is -4.96. The Kier molecular flexibility index (Phi) is 10.0. The number of nitrogens with two attached hydrogens (primary N) is 2. The summed E-state index contributed by atoms with van der Waals surface area (Å²) in [5.74, 6) is 0.882. The number of methoxy groups -OCH3 is 1. The van der Waals surface area contributed by atoms with E-state index in [0.717, 1.165) is 42.4 Å². The Bertz CT molecular complexity index is 2020. The maximum absolute atomic E-state index is 6.03. The smallest absolute Gasteiger partial charge is 0.133 e. The largest absolute Gasteiger partial charge is 0.495 e. The van der Waals surface area contributed by atoms with Gasteiger partial charge in [-0.2, -0.15) is 0 Å². The van der Waals surface area contributed by atoms with Gasteiger partial charge in [0, 0.05) is 10.9 Å². The summed E-state index contributed by atoms with van der Waals surface area (Å²) in [4.78, 5) is 0. The summed E-state index contributed by atoms with van der Waals surface area (Å²) in [6, 6.07) is 41.5. The van der Waals surface area contributed by atoms with Crippen molar-refractivity contribution in [2.45, 2.75) is 25.7 Å². The summed E-state index contributed by atoms with van der Waals surface area (Å²) in [5.41, 5.74) is 21.1. The van der Waals surface area contributed by atoms with Crippen LogP contribution in [0.2, 0.25) is 0 Å². The SMILES string of the molecule is COc1c(/C=C/c2cccc(CCCN)c2)ccc2c(-c3ccc4cccc(/C=C\c5cccc(CCCN)c5)c4c3)cccc12. The van der Waals surface area contributed by atoms with Crippen molar-refractivity contribution >= 4 is 45.8 Å². The molecule has 230 valence electrons. The average molecular weight is 603 g/mol. The molecule has 0 atom stereocenters. The van der Waals surface area contributed by atoms with Gasteiger partial charge in [-0.1, -0.05) is 133 Å². The van der Waals surface area contributed by atoms with Crippen molar-refractivity contribution in [2.75, 3.05) is 20.2 Å². The minimum atomic E-state index is 0.707. The Morgan fingerprint density at radius 1 is 0.543 bits per heavy atom. The molecule has 0 aliphatic carbocycles. The summed E-state index contributed by atoms with van der Waals surface area (Å²) in [6.07, 6.45) is 12.7. The predicted molar refractivity (Wildman–Crippen MR) is 199 cm³/mol. The molecule has 4 N–H and O–H groups in total. The van der Waals surface area contributed by atoms with Gasteiger partial charge in [0.25, 0.3) is 0 Å². The third-order valence-corrected chi connectivity index (χ3v) is 8.63. The van der Waals surface area contributed by atoms with Crippen molar-refractivity contribution < 1.29 is 4.74 Å². The zero-order chi connectivity index (χ0) is 31.7. The second-order valence-corrected chi connectivity index (χ2v) is 11.8. The summed E-state index contributed by atoms with van der Waals surface area (Å²) >= 11 is 0. The van der Waals surface area contributed by atoms with E-state index >= 15 is 0 Å². The number of fused-ring (bicyclic) bond motifs is 2.